The Morgan fingerprint density at radius 3 is 2.83 bits per heavy atom. The lowest BCUT2D eigenvalue weighted by molar-refractivity contribution is 0.298. The van der Waals surface area contributed by atoms with Gasteiger partial charge in [0.25, 0.3) is 0 Å². The number of rotatable bonds is 6. The first-order chi connectivity index (χ1) is 11.2. The first-order valence-electron chi connectivity index (χ1n) is 7.66. The monoisotopic (exact) mass is 308 g/mol. The fourth-order valence-corrected chi connectivity index (χ4v) is 2.45. The molecule has 1 aromatic heterocycles. The molecule has 0 unspecified atom stereocenters. The second kappa shape index (κ2) is 6.96. The largest absolute Gasteiger partial charge is 0.494 e. The number of aromatic nitrogens is 3. The van der Waals surface area contributed by atoms with Crippen LogP contribution in [0.25, 0.3) is 11.3 Å². The van der Waals surface area contributed by atoms with E-state index in [1.807, 2.05) is 47.1 Å². The van der Waals surface area contributed by atoms with Crippen molar-refractivity contribution in [3.63, 3.8) is 0 Å². The van der Waals surface area contributed by atoms with Gasteiger partial charge in [-0.05, 0) is 36.8 Å². The van der Waals surface area contributed by atoms with Crippen LogP contribution >= 0.6 is 0 Å². The molecular formula is C18H20N4O. The first kappa shape index (κ1) is 15.1. The molecule has 2 N–H and O–H groups in total. The van der Waals surface area contributed by atoms with Gasteiger partial charge in [0.1, 0.15) is 5.75 Å². The molecule has 0 aliphatic heterocycles. The van der Waals surface area contributed by atoms with Crippen LogP contribution in [0.4, 0.5) is 5.69 Å². The molecule has 0 saturated carbocycles. The van der Waals surface area contributed by atoms with Gasteiger partial charge in [0.05, 0.1) is 18.5 Å². The van der Waals surface area contributed by atoms with Crippen molar-refractivity contribution < 1.29 is 4.74 Å². The zero-order valence-corrected chi connectivity index (χ0v) is 13.1. The van der Waals surface area contributed by atoms with Crippen molar-refractivity contribution in [3.8, 4) is 17.0 Å². The summed E-state index contributed by atoms with van der Waals surface area (Å²) in [4.78, 5) is 0. The number of nitrogens with two attached hydrogens (primary N) is 1. The molecule has 5 nitrogen and oxygen atoms in total. The number of ether oxygens (including phenoxy) is 1. The van der Waals surface area contributed by atoms with Crippen molar-refractivity contribution >= 4 is 5.69 Å². The van der Waals surface area contributed by atoms with Gasteiger partial charge in [0, 0.05) is 24.2 Å². The molecule has 0 atom stereocenters. The minimum atomic E-state index is 0.639. The predicted molar refractivity (Wildman–Crippen MR) is 91.2 cm³/mol. The minimum absolute atomic E-state index is 0.639. The van der Waals surface area contributed by atoms with Gasteiger partial charge in [-0.15, -0.1) is 5.10 Å². The van der Waals surface area contributed by atoms with Crippen LogP contribution < -0.4 is 10.5 Å². The number of anilines is 1. The Balaban J connectivity index is 1.58. The Bertz CT molecular complexity index is 782. The molecule has 0 radical (unpaired) electrons. The van der Waals surface area contributed by atoms with Gasteiger partial charge in [-0.3, -0.25) is 0 Å². The summed E-state index contributed by atoms with van der Waals surface area (Å²) in [6.45, 7) is 3.44. The molecule has 1 heterocycles. The van der Waals surface area contributed by atoms with E-state index in [2.05, 4.69) is 23.3 Å². The molecule has 0 spiro atoms. The average molecular weight is 308 g/mol. The van der Waals surface area contributed by atoms with E-state index in [1.54, 1.807) is 6.20 Å². The molecule has 3 aromatic rings. The normalized spacial score (nSPS) is 10.7. The standard InChI is InChI=1S/C18H20N4O/c1-14-5-2-8-17(11-14)23-10-4-9-22-18(13-20-21-22)15-6-3-7-16(19)12-15/h2-3,5-8,11-13H,4,9-10,19H2,1H3. The molecule has 0 saturated heterocycles. The van der Waals surface area contributed by atoms with Crippen LogP contribution in [0.2, 0.25) is 0 Å². The summed E-state index contributed by atoms with van der Waals surface area (Å²) in [5, 5.41) is 8.16. The van der Waals surface area contributed by atoms with E-state index in [1.165, 1.54) is 5.56 Å². The maximum Gasteiger partial charge on any atom is 0.119 e. The van der Waals surface area contributed by atoms with Crippen LogP contribution in [0, 0.1) is 6.92 Å². The van der Waals surface area contributed by atoms with Crippen molar-refractivity contribution in [1.29, 1.82) is 0 Å². The summed E-state index contributed by atoms with van der Waals surface area (Å²) in [6, 6.07) is 15.8. The molecule has 0 aliphatic carbocycles. The third kappa shape index (κ3) is 3.88. The zero-order valence-electron chi connectivity index (χ0n) is 13.1. The van der Waals surface area contributed by atoms with Gasteiger partial charge in [0.2, 0.25) is 0 Å². The summed E-state index contributed by atoms with van der Waals surface area (Å²) in [5.41, 5.74) is 9.76. The van der Waals surface area contributed by atoms with Gasteiger partial charge in [0.15, 0.2) is 0 Å². The van der Waals surface area contributed by atoms with E-state index in [4.69, 9.17) is 10.5 Å². The van der Waals surface area contributed by atoms with E-state index >= 15 is 0 Å². The summed E-state index contributed by atoms with van der Waals surface area (Å²) in [7, 11) is 0. The van der Waals surface area contributed by atoms with Gasteiger partial charge in [-0.25, -0.2) is 4.68 Å². The Hall–Kier alpha value is -2.82. The second-order valence-corrected chi connectivity index (χ2v) is 5.49. The van der Waals surface area contributed by atoms with E-state index in [9.17, 15) is 0 Å². The molecule has 0 fully saturated rings. The average Bonchev–Trinajstić information content (AvgIpc) is 3.00. The quantitative estimate of drug-likeness (QED) is 0.560. The van der Waals surface area contributed by atoms with Crippen LogP contribution in [0.15, 0.2) is 54.7 Å². The lowest BCUT2D eigenvalue weighted by Crippen LogP contribution is -2.07. The smallest absolute Gasteiger partial charge is 0.119 e. The van der Waals surface area contributed by atoms with Crippen LogP contribution in [-0.2, 0) is 6.54 Å². The Kier molecular flexibility index (Phi) is 4.57. The molecule has 23 heavy (non-hydrogen) atoms. The molecule has 5 heteroatoms. The van der Waals surface area contributed by atoms with Crippen molar-refractivity contribution in [1.82, 2.24) is 15.0 Å². The van der Waals surface area contributed by atoms with Crippen LogP contribution in [0.3, 0.4) is 0 Å². The van der Waals surface area contributed by atoms with Crippen LogP contribution in [0.1, 0.15) is 12.0 Å². The Morgan fingerprint density at radius 1 is 1.13 bits per heavy atom. The molecule has 2 aromatic carbocycles. The van der Waals surface area contributed by atoms with Gasteiger partial charge in [-0.1, -0.05) is 29.5 Å². The highest BCUT2D eigenvalue weighted by Gasteiger charge is 2.07. The highest BCUT2D eigenvalue weighted by Crippen LogP contribution is 2.20. The number of aryl methyl sites for hydroxylation is 2. The summed E-state index contributed by atoms with van der Waals surface area (Å²) in [6.07, 6.45) is 2.61. The number of nitrogen functional groups attached to an aromatic ring is 1. The van der Waals surface area contributed by atoms with Gasteiger partial charge < -0.3 is 10.5 Å². The zero-order chi connectivity index (χ0) is 16.1. The summed E-state index contributed by atoms with van der Waals surface area (Å²) in [5.74, 6) is 0.902. The number of hydrogen-bond acceptors (Lipinski definition) is 4. The topological polar surface area (TPSA) is 66.0 Å². The molecule has 0 aliphatic rings. The van der Waals surface area contributed by atoms with E-state index in [-0.39, 0.29) is 0 Å². The Morgan fingerprint density at radius 2 is 2.00 bits per heavy atom. The number of benzene rings is 2. The maximum atomic E-state index is 5.84. The maximum absolute atomic E-state index is 5.84. The molecule has 0 bridgehead atoms. The number of hydrogen-bond donors (Lipinski definition) is 1. The predicted octanol–water partition coefficient (Wildman–Crippen LogP) is 3.30. The van der Waals surface area contributed by atoms with Crippen molar-refractivity contribution in [2.24, 2.45) is 0 Å². The van der Waals surface area contributed by atoms with Gasteiger partial charge in [-0.2, -0.15) is 0 Å². The SMILES string of the molecule is Cc1cccc(OCCCn2nncc2-c2cccc(N)c2)c1. The molecule has 3 rings (SSSR count). The lowest BCUT2D eigenvalue weighted by atomic mass is 10.1. The highest BCUT2D eigenvalue weighted by atomic mass is 16.5. The first-order valence-corrected chi connectivity index (χ1v) is 7.66. The highest BCUT2D eigenvalue weighted by molar-refractivity contribution is 5.63. The summed E-state index contributed by atoms with van der Waals surface area (Å²) >= 11 is 0. The minimum Gasteiger partial charge on any atom is -0.494 e. The summed E-state index contributed by atoms with van der Waals surface area (Å²) < 4.78 is 7.65. The van der Waals surface area contributed by atoms with Crippen molar-refractivity contribution in [3.05, 3.63) is 60.3 Å². The molecular weight excluding hydrogens is 288 g/mol. The van der Waals surface area contributed by atoms with E-state index in [0.29, 0.717) is 6.61 Å². The van der Waals surface area contributed by atoms with Gasteiger partial charge >= 0.3 is 0 Å². The van der Waals surface area contributed by atoms with Crippen molar-refractivity contribution in [2.75, 3.05) is 12.3 Å². The van der Waals surface area contributed by atoms with E-state index in [0.717, 1.165) is 35.7 Å². The van der Waals surface area contributed by atoms with Crippen molar-refractivity contribution in [2.45, 2.75) is 19.9 Å². The molecule has 0 amide bonds. The van der Waals surface area contributed by atoms with E-state index < -0.39 is 0 Å². The lowest BCUT2D eigenvalue weighted by Gasteiger charge is -2.09. The molecule has 118 valence electrons. The Labute approximate surface area is 135 Å². The fraction of sp³-hybridized carbons (Fsp3) is 0.222. The third-order valence-corrected chi connectivity index (χ3v) is 3.57. The second-order valence-electron chi connectivity index (χ2n) is 5.49. The number of nitrogens with zero attached hydrogens (tertiary/aromatic N) is 3. The fourth-order valence-electron chi connectivity index (χ4n) is 2.45. The third-order valence-electron chi connectivity index (χ3n) is 3.57. The van der Waals surface area contributed by atoms with Crippen LogP contribution in [0.5, 0.6) is 5.75 Å². The van der Waals surface area contributed by atoms with Crippen LogP contribution in [-0.4, -0.2) is 21.6 Å².